The summed E-state index contributed by atoms with van der Waals surface area (Å²) in [6.45, 7) is 13.1. The molecule has 0 radical (unpaired) electrons. The molecule has 0 saturated heterocycles. The molecule has 0 unspecified atom stereocenters. The van der Waals surface area contributed by atoms with Crippen LogP contribution < -0.4 is 0 Å². The molecular weight excluding hydrogens is 416 g/mol. The van der Waals surface area contributed by atoms with E-state index in [-0.39, 0.29) is 11.6 Å². The number of hydrogen-bond acceptors (Lipinski definition) is 5. The Labute approximate surface area is 186 Å². The summed E-state index contributed by atoms with van der Waals surface area (Å²) in [7, 11) is 0. The first-order chi connectivity index (χ1) is 14.2. The molecule has 0 saturated carbocycles. The highest BCUT2D eigenvalue weighted by atomic mass is 35.5. The molecular formula is C23H27ClN4OS. The van der Waals surface area contributed by atoms with Crippen molar-refractivity contribution < 1.29 is 4.74 Å². The lowest BCUT2D eigenvalue weighted by atomic mass is 9.99. The van der Waals surface area contributed by atoms with Crippen LogP contribution in [-0.2, 0) is 4.74 Å². The smallest absolute Gasteiger partial charge is 0.163 e. The van der Waals surface area contributed by atoms with E-state index in [1.165, 1.54) is 10.4 Å². The van der Waals surface area contributed by atoms with Crippen molar-refractivity contribution in [1.82, 2.24) is 14.8 Å². The third-order valence-corrected chi connectivity index (χ3v) is 6.73. The van der Waals surface area contributed by atoms with Crippen LogP contribution in [0.4, 0.5) is 0 Å². The summed E-state index contributed by atoms with van der Waals surface area (Å²) in [6.07, 6.45) is 0.736. The van der Waals surface area contributed by atoms with Gasteiger partial charge in [-0.05, 0) is 59.2 Å². The number of aliphatic imine (C=N–C) groups is 1. The van der Waals surface area contributed by atoms with Crippen molar-refractivity contribution in [2.45, 2.75) is 59.6 Å². The van der Waals surface area contributed by atoms with Gasteiger partial charge in [0.15, 0.2) is 5.82 Å². The fourth-order valence-electron chi connectivity index (χ4n) is 3.67. The molecule has 1 aliphatic heterocycles. The van der Waals surface area contributed by atoms with Crippen LogP contribution in [0.25, 0.3) is 5.00 Å². The summed E-state index contributed by atoms with van der Waals surface area (Å²) in [4.78, 5) is 6.52. The maximum atomic E-state index is 6.16. The van der Waals surface area contributed by atoms with Gasteiger partial charge in [-0.25, -0.2) is 0 Å². The third-order valence-electron chi connectivity index (χ3n) is 5.28. The highest BCUT2D eigenvalue weighted by Gasteiger charge is 2.31. The molecule has 30 heavy (non-hydrogen) atoms. The van der Waals surface area contributed by atoms with Crippen molar-refractivity contribution in [2.75, 3.05) is 6.61 Å². The number of hydrogen-bond donors (Lipinski definition) is 0. The minimum Gasteiger partial charge on any atom is -0.376 e. The lowest BCUT2D eigenvalue weighted by Gasteiger charge is -2.21. The Hall–Kier alpha value is -2.02. The van der Waals surface area contributed by atoms with Gasteiger partial charge in [0.05, 0.1) is 11.3 Å². The van der Waals surface area contributed by atoms with Crippen molar-refractivity contribution in [1.29, 1.82) is 0 Å². The summed E-state index contributed by atoms with van der Waals surface area (Å²) < 4.78 is 8.19. The first-order valence-electron chi connectivity index (χ1n) is 10.2. The Morgan fingerprint density at radius 3 is 2.47 bits per heavy atom. The standard InChI is InChI=1S/C23H27ClN4OS/c1-13-14(2)30-22-19(13)20(16-7-9-17(24)10-8-16)25-18(11-12-29-23(4,5)6)21-27-26-15(3)28(21)22/h7-10,18H,11-12H2,1-6H3/t18-/m0/s1. The number of aryl methyl sites for hydroxylation is 2. The number of rotatable bonds is 4. The number of halogens is 1. The number of aromatic nitrogens is 3. The summed E-state index contributed by atoms with van der Waals surface area (Å²) in [5, 5.41) is 10.8. The van der Waals surface area contributed by atoms with E-state index in [0.717, 1.165) is 44.9 Å². The van der Waals surface area contributed by atoms with Gasteiger partial charge < -0.3 is 4.74 Å². The van der Waals surface area contributed by atoms with E-state index in [1.807, 2.05) is 31.2 Å². The predicted molar refractivity (Wildman–Crippen MR) is 124 cm³/mol. The lowest BCUT2D eigenvalue weighted by Crippen LogP contribution is -2.21. The molecule has 0 amide bonds. The molecule has 0 bridgehead atoms. The molecule has 1 atom stereocenters. The number of thiophene rings is 1. The highest BCUT2D eigenvalue weighted by molar-refractivity contribution is 7.15. The molecule has 3 aromatic rings. The number of ether oxygens (including phenoxy) is 1. The summed E-state index contributed by atoms with van der Waals surface area (Å²) in [5.74, 6) is 1.75. The third kappa shape index (κ3) is 3.96. The minimum atomic E-state index is -0.191. The van der Waals surface area contributed by atoms with E-state index >= 15 is 0 Å². The molecule has 0 N–H and O–H groups in total. The van der Waals surface area contributed by atoms with Crippen LogP contribution in [0, 0.1) is 20.8 Å². The van der Waals surface area contributed by atoms with Crippen molar-refractivity contribution in [2.24, 2.45) is 4.99 Å². The van der Waals surface area contributed by atoms with Gasteiger partial charge in [-0.3, -0.25) is 9.56 Å². The van der Waals surface area contributed by atoms with E-state index in [0.29, 0.717) is 6.61 Å². The zero-order valence-corrected chi connectivity index (χ0v) is 19.9. The second-order valence-corrected chi connectivity index (χ2v) is 10.3. The Bertz CT molecular complexity index is 1110. The zero-order valence-electron chi connectivity index (χ0n) is 18.3. The van der Waals surface area contributed by atoms with Crippen LogP contribution in [0.3, 0.4) is 0 Å². The van der Waals surface area contributed by atoms with E-state index < -0.39 is 0 Å². The van der Waals surface area contributed by atoms with Gasteiger partial charge in [0.1, 0.15) is 16.9 Å². The molecule has 0 fully saturated rings. The monoisotopic (exact) mass is 442 g/mol. The van der Waals surface area contributed by atoms with Crippen molar-refractivity contribution in [3.8, 4) is 5.00 Å². The van der Waals surface area contributed by atoms with Crippen LogP contribution in [0.5, 0.6) is 0 Å². The first kappa shape index (κ1) is 21.2. The fraction of sp³-hybridized carbons (Fsp3) is 0.435. The second kappa shape index (κ2) is 7.91. The van der Waals surface area contributed by atoms with Crippen LogP contribution in [0.15, 0.2) is 29.3 Å². The Kier molecular flexibility index (Phi) is 5.60. The summed E-state index contributed by atoms with van der Waals surface area (Å²) in [6, 6.07) is 7.78. The molecule has 5 nitrogen and oxygen atoms in total. The predicted octanol–water partition coefficient (Wildman–Crippen LogP) is 6.00. The molecule has 7 heteroatoms. The minimum absolute atomic E-state index is 0.140. The zero-order chi connectivity index (χ0) is 21.6. The molecule has 0 aliphatic carbocycles. The summed E-state index contributed by atoms with van der Waals surface area (Å²) in [5.41, 5.74) is 4.25. The Morgan fingerprint density at radius 2 is 1.80 bits per heavy atom. The largest absolute Gasteiger partial charge is 0.376 e. The average Bonchev–Trinajstić information content (AvgIpc) is 3.14. The van der Waals surface area contributed by atoms with Gasteiger partial charge in [0.25, 0.3) is 0 Å². The molecule has 1 aliphatic rings. The average molecular weight is 443 g/mol. The normalized spacial score (nSPS) is 16.1. The fourth-order valence-corrected chi connectivity index (χ4v) is 5.01. The Balaban J connectivity index is 1.88. The van der Waals surface area contributed by atoms with Gasteiger partial charge in [0.2, 0.25) is 0 Å². The first-order valence-corrected chi connectivity index (χ1v) is 11.4. The topological polar surface area (TPSA) is 52.3 Å². The molecule has 3 heterocycles. The van der Waals surface area contributed by atoms with E-state index in [1.54, 1.807) is 11.3 Å². The van der Waals surface area contributed by atoms with Gasteiger partial charge in [-0.15, -0.1) is 21.5 Å². The van der Waals surface area contributed by atoms with E-state index in [4.69, 9.17) is 21.3 Å². The van der Waals surface area contributed by atoms with Crippen molar-refractivity contribution in [3.05, 3.63) is 62.5 Å². The van der Waals surface area contributed by atoms with Gasteiger partial charge in [0, 0.05) is 34.1 Å². The maximum Gasteiger partial charge on any atom is 0.163 e. The molecule has 1 aromatic carbocycles. The van der Waals surface area contributed by atoms with Crippen molar-refractivity contribution in [3.63, 3.8) is 0 Å². The van der Waals surface area contributed by atoms with Crippen LogP contribution in [0.2, 0.25) is 5.02 Å². The number of nitrogens with zero attached hydrogens (tertiary/aromatic N) is 4. The van der Waals surface area contributed by atoms with Crippen LogP contribution in [-0.4, -0.2) is 32.7 Å². The van der Waals surface area contributed by atoms with Crippen LogP contribution >= 0.6 is 22.9 Å². The lowest BCUT2D eigenvalue weighted by molar-refractivity contribution is -0.00626. The van der Waals surface area contributed by atoms with Gasteiger partial charge in [-0.2, -0.15) is 0 Å². The van der Waals surface area contributed by atoms with E-state index in [2.05, 4.69) is 49.4 Å². The maximum absolute atomic E-state index is 6.16. The highest BCUT2D eigenvalue weighted by Crippen LogP contribution is 2.39. The molecule has 0 spiro atoms. The number of fused-ring (bicyclic) bond motifs is 3. The molecule has 2 aromatic heterocycles. The SMILES string of the molecule is Cc1sc2c(c1C)C(c1ccc(Cl)cc1)=N[C@@H](CCOC(C)(C)C)c1nnc(C)n1-2. The van der Waals surface area contributed by atoms with E-state index in [9.17, 15) is 0 Å². The van der Waals surface area contributed by atoms with Crippen molar-refractivity contribution >= 4 is 28.6 Å². The summed E-state index contributed by atoms with van der Waals surface area (Å²) >= 11 is 7.93. The molecule has 158 valence electrons. The Morgan fingerprint density at radius 1 is 1.10 bits per heavy atom. The van der Waals surface area contributed by atoms with Gasteiger partial charge in [-0.1, -0.05) is 23.7 Å². The van der Waals surface area contributed by atoms with Gasteiger partial charge >= 0.3 is 0 Å². The number of benzene rings is 1. The van der Waals surface area contributed by atoms with Crippen LogP contribution in [0.1, 0.15) is 66.5 Å². The second-order valence-electron chi connectivity index (χ2n) is 8.65. The molecule has 4 rings (SSSR count). The quantitative estimate of drug-likeness (QED) is 0.497.